The van der Waals surface area contributed by atoms with Crippen LogP contribution in [-0.2, 0) is 9.53 Å². The zero-order valence-corrected chi connectivity index (χ0v) is 8.30. The summed E-state index contributed by atoms with van der Waals surface area (Å²) in [6.45, 7) is 2.52. The zero-order valence-electron chi connectivity index (χ0n) is 8.30. The first kappa shape index (κ1) is 12.0. The van der Waals surface area contributed by atoms with Gasteiger partial charge in [-0.3, -0.25) is 4.79 Å². The molecule has 0 saturated carbocycles. The highest BCUT2D eigenvalue weighted by Gasteiger charge is 2.04. The quantitative estimate of drug-likeness (QED) is 0.491. The summed E-state index contributed by atoms with van der Waals surface area (Å²) < 4.78 is 4.83. The highest BCUT2D eigenvalue weighted by Crippen LogP contribution is 1.93. The molecule has 3 nitrogen and oxygen atoms in total. The molecular weight excluding hydrogens is 166 g/mol. The Balaban J connectivity index is 3.45. The molecular formula is C10H17NO2. The molecule has 0 aliphatic carbocycles. The van der Waals surface area contributed by atoms with Crippen molar-refractivity contribution < 1.29 is 9.53 Å². The van der Waals surface area contributed by atoms with Crippen LogP contribution in [0.5, 0.6) is 0 Å². The maximum Gasteiger partial charge on any atom is 0.220 e. The molecule has 13 heavy (non-hydrogen) atoms. The second kappa shape index (κ2) is 7.63. The molecule has 0 heterocycles. The van der Waals surface area contributed by atoms with E-state index in [0.717, 1.165) is 6.42 Å². The first-order valence-corrected chi connectivity index (χ1v) is 4.42. The van der Waals surface area contributed by atoms with Crippen LogP contribution in [0.15, 0.2) is 0 Å². The first-order valence-electron chi connectivity index (χ1n) is 4.42. The van der Waals surface area contributed by atoms with Crippen LogP contribution in [0.2, 0.25) is 0 Å². The van der Waals surface area contributed by atoms with E-state index in [-0.39, 0.29) is 11.9 Å². The van der Waals surface area contributed by atoms with Gasteiger partial charge in [-0.25, -0.2) is 0 Å². The van der Waals surface area contributed by atoms with Gasteiger partial charge in [-0.15, -0.1) is 12.3 Å². The van der Waals surface area contributed by atoms with Gasteiger partial charge in [0.2, 0.25) is 5.91 Å². The van der Waals surface area contributed by atoms with Crippen molar-refractivity contribution in [1.82, 2.24) is 5.32 Å². The van der Waals surface area contributed by atoms with Gasteiger partial charge in [0, 0.05) is 32.6 Å². The van der Waals surface area contributed by atoms with Gasteiger partial charge in [0.25, 0.3) is 0 Å². The Kier molecular flexibility index (Phi) is 7.04. The van der Waals surface area contributed by atoms with Gasteiger partial charge in [-0.1, -0.05) is 0 Å². The monoisotopic (exact) mass is 183 g/mol. The molecule has 0 aliphatic heterocycles. The predicted octanol–water partition coefficient (Wildman–Crippen LogP) is 0.941. The van der Waals surface area contributed by atoms with E-state index in [2.05, 4.69) is 11.2 Å². The van der Waals surface area contributed by atoms with E-state index >= 15 is 0 Å². The maximum atomic E-state index is 11.2. The van der Waals surface area contributed by atoms with E-state index < -0.39 is 0 Å². The topological polar surface area (TPSA) is 38.3 Å². The molecule has 0 radical (unpaired) electrons. The van der Waals surface area contributed by atoms with Crippen molar-refractivity contribution in [3.63, 3.8) is 0 Å². The fourth-order valence-electron chi connectivity index (χ4n) is 0.952. The summed E-state index contributed by atoms with van der Waals surface area (Å²) in [7, 11) is 1.62. The van der Waals surface area contributed by atoms with E-state index in [1.54, 1.807) is 7.11 Å². The van der Waals surface area contributed by atoms with E-state index in [1.165, 1.54) is 0 Å². The average molecular weight is 183 g/mol. The van der Waals surface area contributed by atoms with Crippen LogP contribution in [0.1, 0.15) is 26.2 Å². The molecule has 0 bridgehead atoms. The van der Waals surface area contributed by atoms with Gasteiger partial charge in [-0.05, 0) is 13.3 Å². The standard InChI is InChI=1S/C10H17NO2/c1-4-6-9(2)11-10(12)7-5-8-13-3/h1,9H,5-8H2,2-3H3,(H,11,12). The number of methoxy groups -OCH3 is 1. The summed E-state index contributed by atoms with van der Waals surface area (Å²) in [5.41, 5.74) is 0. The molecule has 1 atom stereocenters. The van der Waals surface area contributed by atoms with Gasteiger partial charge in [-0.2, -0.15) is 0 Å². The summed E-state index contributed by atoms with van der Waals surface area (Å²) in [5, 5.41) is 2.80. The molecule has 1 N–H and O–H groups in total. The Morgan fingerprint density at radius 3 is 2.92 bits per heavy atom. The molecule has 0 aromatic heterocycles. The maximum absolute atomic E-state index is 11.2. The van der Waals surface area contributed by atoms with Crippen molar-refractivity contribution in [1.29, 1.82) is 0 Å². The van der Waals surface area contributed by atoms with Crippen LogP contribution in [0.3, 0.4) is 0 Å². The highest BCUT2D eigenvalue weighted by molar-refractivity contribution is 5.76. The molecule has 74 valence electrons. The molecule has 1 unspecified atom stereocenters. The fourth-order valence-corrected chi connectivity index (χ4v) is 0.952. The van der Waals surface area contributed by atoms with Gasteiger partial charge >= 0.3 is 0 Å². The smallest absolute Gasteiger partial charge is 0.220 e. The zero-order chi connectivity index (χ0) is 10.1. The molecule has 0 rings (SSSR count). The van der Waals surface area contributed by atoms with Crippen LogP contribution < -0.4 is 5.32 Å². The van der Waals surface area contributed by atoms with E-state index in [4.69, 9.17) is 11.2 Å². The Morgan fingerprint density at radius 1 is 1.69 bits per heavy atom. The number of hydrogen-bond acceptors (Lipinski definition) is 2. The van der Waals surface area contributed by atoms with Gasteiger partial charge in [0.1, 0.15) is 0 Å². The summed E-state index contributed by atoms with van der Waals surface area (Å²) in [6, 6.07) is 0.0695. The summed E-state index contributed by atoms with van der Waals surface area (Å²) in [5.74, 6) is 2.54. The van der Waals surface area contributed by atoms with Crippen LogP contribution in [-0.4, -0.2) is 25.7 Å². The lowest BCUT2D eigenvalue weighted by Gasteiger charge is -2.10. The van der Waals surface area contributed by atoms with Crippen LogP contribution in [0.4, 0.5) is 0 Å². The number of ether oxygens (including phenoxy) is 1. The van der Waals surface area contributed by atoms with E-state index in [0.29, 0.717) is 19.4 Å². The van der Waals surface area contributed by atoms with Gasteiger partial charge < -0.3 is 10.1 Å². The summed E-state index contributed by atoms with van der Waals surface area (Å²) in [6.07, 6.45) is 6.94. The first-order chi connectivity index (χ1) is 6.20. The molecule has 1 amide bonds. The largest absolute Gasteiger partial charge is 0.385 e. The minimum atomic E-state index is 0.0415. The normalized spacial score (nSPS) is 11.8. The third-order valence-corrected chi connectivity index (χ3v) is 1.58. The summed E-state index contributed by atoms with van der Waals surface area (Å²) >= 11 is 0. The van der Waals surface area contributed by atoms with Gasteiger partial charge in [0.15, 0.2) is 0 Å². The van der Waals surface area contributed by atoms with Crippen LogP contribution in [0, 0.1) is 12.3 Å². The number of rotatable bonds is 6. The molecule has 3 heteroatoms. The second-order valence-electron chi connectivity index (χ2n) is 2.97. The Morgan fingerprint density at radius 2 is 2.38 bits per heavy atom. The van der Waals surface area contributed by atoms with Crippen molar-refractivity contribution in [3.05, 3.63) is 0 Å². The lowest BCUT2D eigenvalue weighted by atomic mass is 10.2. The van der Waals surface area contributed by atoms with E-state index in [9.17, 15) is 4.79 Å². The molecule has 0 fully saturated rings. The Labute approximate surface area is 79.8 Å². The molecule has 0 aromatic rings. The lowest BCUT2D eigenvalue weighted by Crippen LogP contribution is -2.32. The van der Waals surface area contributed by atoms with Crippen molar-refractivity contribution >= 4 is 5.91 Å². The number of amides is 1. The number of carbonyl (C=O) groups is 1. The minimum absolute atomic E-state index is 0.0415. The highest BCUT2D eigenvalue weighted by atomic mass is 16.5. The van der Waals surface area contributed by atoms with Crippen molar-refractivity contribution in [2.75, 3.05) is 13.7 Å². The third kappa shape index (κ3) is 7.35. The fraction of sp³-hybridized carbons (Fsp3) is 0.700. The van der Waals surface area contributed by atoms with Crippen molar-refractivity contribution in [2.24, 2.45) is 0 Å². The lowest BCUT2D eigenvalue weighted by molar-refractivity contribution is -0.121. The van der Waals surface area contributed by atoms with E-state index in [1.807, 2.05) is 6.92 Å². The second-order valence-corrected chi connectivity index (χ2v) is 2.97. The van der Waals surface area contributed by atoms with Crippen molar-refractivity contribution in [3.8, 4) is 12.3 Å². The molecule has 0 aliphatic rings. The van der Waals surface area contributed by atoms with Crippen LogP contribution >= 0.6 is 0 Å². The number of carbonyl (C=O) groups excluding carboxylic acids is 1. The summed E-state index contributed by atoms with van der Waals surface area (Å²) in [4.78, 5) is 11.2. The van der Waals surface area contributed by atoms with Gasteiger partial charge in [0.05, 0.1) is 0 Å². The third-order valence-electron chi connectivity index (χ3n) is 1.58. The average Bonchev–Trinajstić information content (AvgIpc) is 2.05. The molecule has 0 spiro atoms. The predicted molar refractivity (Wildman–Crippen MR) is 52.2 cm³/mol. The Bertz CT molecular complexity index is 184. The minimum Gasteiger partial charge on any atom is -0.385 e. The molecule has 0 aromatic carbocycles. The molecule has 0 saturated heterocycles. The van der Waals surface area contributed by atoms with Crippen LogP contribution in [0.25, 0.3) is 0 Å². The Hall–Kier alpha value is -1.01. The number of nitrogens with one attached hydrogen (secondary N) is 1. The van der Waals surface area contributed by atoms with Crippen molar-refractivity contribution in [2.45, 2.75) is 32.2 Å². The number of terminal acetylenes is 1. The number of hydrogen-bond donors (Lipinski definition) is 1. The SMILES string of the molecule is C#CCC(C)NC(=O)CCCOC.